The van der Waals surface area contributed by atoms with Crippen LogP contribution in [0.2, 0.25) is 25.7 Å². The van der Waals surface area contributed by atoms with Gasteiger partial charge >= 0.3 is 6.09 Å². The number of fused-ring (bicyclic) bond motifs is 1. The Kier molecular flexibility index (Phi) is 9.87. The summed E-state index contributed by atoms with van der Waals surface area (Å²) in [5.74, 6) is 1.59. The third-order valence-corrected chi connectivity index (χ3v) is 9.43. The summed E-state index contributed by atoms with van der Waals surface area (Å²) in [5, 5.41) is 10.6. The molecule has 1 fully saturated rings. The lowest BCUT2D eigenvalue weighted by Crippen LogP contribution is -2.41. The van der Waals surface area contributed by atoms with Gasteiger partial charge < -0.3 is 23.8 Å². The van der Waals surface area contributed by atoms with Crippen LogP contribution in [0.5, 0.6) is 11.5 Å². The molecule has 0 bridgehead atoms. The largest absolute Gasteiger partial charge is 0.493 e. The summed E-state index contributed by atoms with van der Waals surface area (Å²) in [4.78, 5) is 14.4. The first-order valence-corrected chi connectivity index (χ1v) is 18.7. The van der Waals surface area contributed by atoms with Gasteiger partial charge in [-0.2, -0.15) is 5.10 Å². The lowest BCUT2D eigenvalue weighted by molar-refractivity contribution is 0.0204. The fourth-order valence-corrected chi connectivity index (χ4v) is 6.19. The predicted molar refractivity (Wildman–Crippen MR) is 169 cm³/mol. The van der Waals surface area contributed by atoms with Crippen molar-refractivity contribution < 1.29 is 23.7 Å². The van der Waals surface area contributed by atoms with E-state index in [4.69, 9.17) is 29.1 Å². The molecule has 1 amide bonds. The van der Waals surface area contributed by atoms with Gasteiger partial charge in [0.05, 0.1) is 25.6 Å². The first-order valence-electron chi connectivity index (χ1n) is 15.0. The summed E-state index contributed by atoms with van der Waals surface area (Å²) in [6.45, 7) is 17.3. The van der Waals surface area contributed by atoms with E-state index < -0.39 is 13.7 Å². The number of rotatable bonds is 10. The molecule has 42 heavy (non-hydrogen) atoms. The van der Waals surface area contributed by atoms with Crippen molar-refractivity contribution in [3.8, 4) is 22.8 Å². The molecule has 10 heteroatoms. The van der Waals surface area contributed by atoms with Crippen molar-refractivity contribution in [2.24, 2.45) is 0 Å². The Labute approximate surface area is 251 Å². The molecule has 3 heterocycles. The SMILES string of the molecule is CCc1c(-c2ccc(OC)c(OC)c2)n(COCC[Si](C)(C)C)c2nnc(C3CCN(C(=O)OC(C)(C)C)CC3)cc12. The van der Waals surface area contributed by atoms with Crippen LogP contribution in [-0.4, -0.2) is 73.3 Å². The molecule has 230 valence electrons. The average molecular weight is 597 g/mol. The zero-order chi connectivity index (χ0) is 30.7. The number of carbonyl (C=O) groups excluding carboxylic acids is 1. The molecule has 0 saturated carbocycles. The van der Waals surface area contributed by atoms with Gasteiger partial charge in [0, 0.05) is 44.6 Å². The highest BCUT2D eigenvalue weighted by Crippen LogP contribution is 2.39. The van der Waals surface area contributed by atoms with E-state index in [0.29, 0.717) is 37.9 Å². The van der Waals surface area contributed by atoms with Crippen LogP contribution >= 0.6 is 0 Å². The predicted octanol–water partition coefficient (Wildman–Crippen LogP) is 7.10. The van der Waals surface area contributed by atoms with Gasteiger partial charge in [-0.15, -0.1) is 5.10 Å². The molecule has 0 radical (unpaired) electrons. The summed E-state index contributed by atoms with van der Waals surface area (Å²) < 4.78 is 25.2. The summed E-state index contributed by atoms with van der Waals surface area (Å²) in [5.41, 5.74) is 4.57. The minimum atomic E-state index is -1.23. The zero-order valence-electron chi connectivity index (χ0n) is 26.9. The number of aromatic nitrogens is 3. The van der Waals surface area contributed by atoms with Crippen LogP contribution < -0.4 is 9.47 Å². The molecule has 9 nitrogen and oxygen atoms in total. The van der Waals surface area contributed by atoms with E-state index in [1.54, 1.807) is 19.1 Å². The molecular weight excluding hydrogens is 548 g/mol. The Hall–Kier alpha value is -3.11. The van der Waals surface area contributed by atoms with E-state index in [0.717, 1.165) is 53.3 Å². The van der Waals surface area contributed by atoms with Crippen molar-refractivity contribution in [3.63, 3.8) is 0 Å². The van der Waals surface area contributed by atoms with Crippen LogP contribution in [0, 0.1) is 0 Å². The fourth-order valence-electron chi connectivity index (χ4n) is 5.43. The summed E-state index contributed by atoms with van der Waals surface area (Å²) in [6, 6.07) is 9.32. The van der Waals surface area contributed by atoms with E-state index in [9.17, 15) is 4.79 Å². The van der Waals surface area contributed by atoms with Crippen molar-refractivity contribution in [1.29, 1.82) is 0 Å². The smallest absolute Gasteiger partial charge is 0.410 e. The molecule has 0 N–H and O–H groups in total. The number of carbonyl (C=O) groups is 1. The number of nitrogens with zero attached hydrogens (tertiary/aromatic N) is 4. The highest BCUT2D eigenvalue weighted by Gasteiger charge is 2.29. The van der Waals surface area contributed by atoms with Crippen LogP contribution in [0.4, 0.5) is 4.79 Å². The molecular formula is C32H48N4O5Si. The summed E-state index contributed by atoms with van der Waals surface area (Å²) in [6.07, 6.45) is 2.22. The Morgan fingerprint density at radius 1 is 1.02 bits per heavy atom. The van der Waals surface area contributed by atoms with Gasteiger partial charge in [-0.3, -0.25) is 4.57 Å². The van der Waals surface area contributed by atoms with Gasteiger partial charge in [-0.1, -0.05) is 26.6 Å². The number of hydrogen-bond acceptors (Lipinski definition) is 7. The fraction of sp³-hybridized carbons (Fsp3) is 0.594. The van der Waals surface area contributed by atoms with Crippen molar-refractivity contribution in [1.82, 2.24) is 19.7 Å². The van der Waals surface area contributed by atoms with Crippen molar-refractivity contribution >= 4 is 25.2 Å². The molecule has 0 aliphatic carbocycles. The normalized spacial score (nSPS) is 14.8. The van der Waals surface area contributed by atoms with Crippen molar-refractivity contribution in [3.05, 3.63) is 35.5 Å². The van der Waals surface area contributed by atoms with Crippen LogP contribution in [0.15, 0.2) is 24.3 Å². The number of aryl methyl sites for hydroxylation is 1. The Balaban J connectivity index is 1.68. The second kappa shape index (κ2) is 13.0. The van der Waals surface area contributed by atoms with Crippen LogP contribution in [0.25, 0.3) is 22.3 Å². The molecule has 1 aliphatic rings. The molecule has 2 aromatic heterocycles. The van der Waals surface area contributed by atoms with Crippen LogP contribution in [-0.2, 0) is 22.6 Å². The van der Waals surface area contributed by atoms with E-state index in [1.165, 1.54) is 5.56 Å². The zero-order valence-corrected chi connectivity index (χ0v) is 27.9. The average Bonchev–Trinajstić information content (AvgIpc) is 3.26. The van der Waals surface area contributed by atoms with Gasteiger partial charge in [0.2, 0.25) is 0 Å². The molecule has 4 rings (SSSR count). The standard InChI is InChI=1S/C32H48N4O5Si/c1-10-24-25-20-26(22-13-15-35(16-14-22)31(37)41-32(2,3)4)33-34-30(25)36(21-40-17-18-42(7,8)9)29(24)23-11-12-27(38-5)28(19-23)39-6/h11-12,19-20,22H,10,13-18,21H2,1-9H3. The molecule has 1 aromatic carbocycles. The van der Waals surface area contributed by atoms with E-state index in [1.807, 2.05) is 32.9 Å². The monoisotopic (exact) mass is 596 g/mol. The molecule has 0 spiro atoms. The molecule has 0 atom stereocenters. The van der Waals surface area contributed by atoms with Crippen LogP contribution in [0.3, 0.4) is 0 Å². The highest BCUT2D eigenvalue weighted by molar-refractivity contribution is 6.76. The second-order valence-corrected chi connectivity index (χ2v) is 18.9. The van der Waals surface area contributed by atoms with Gasteiger partial charge in [0.25, 0.3) is 0 Å². The molecule has 1 saturated heterocycles. The first kappa shape index (κ1) is 31.8. The number of likely N-dealkylation sites (tertiary alicyclic amines) is 1. The van der Waals surface area contributed by atoms with Gasteiger partial charge in [-0.05, 0) is 75.9 Å². The maximum Gasteiger partial charge on any atom is 0.410 e. The highest BCUT2D eigenvalue weighted by atomic mass is 28.3. The van der Waals surface area contributed by atoms with Crippen LogP contribution in [0.1, 0.15) is 57.7 Å². The summed E-state index contributed by atoms with van der Waals surface area (Å²) in [7, 11) is 2.08. The van der Waals surface area contributed by atoms with E-state index in [-0.39, 0.29) is 12.0 Å². The second-order valence-electron chi connectivity index (χ2n) is 13.3. The third kappa shape index (κ3) is 7.44. The van der Waals surface area contributed by atoms with E-state index >= 15 is 0 Å². The lowest BCUT2D eigenvalue weighted by atomic mass is 9.92. The topological polar surface area (TPSA) is 87.9 Å². The minimum Gasteiger partial charge on any atom is -0.493 e. The molecule has 3 aromatic rings. The number of benzene rings is 1. The molecule has 1 aliphatic heterocycles. The quantitative estimate of drug-likeness (QED) is 0.182. The number of hydrogen-bond donors (Lipinski definition) is 0. The number of amides is 1. The van der Waals surface area contributed by atoms with Crippen molar-refractivity contribution in [2.75, 3.05) is 33.9 Å². The maximum atomic E-state index is 12.6. The first-order chi connectivity index (χ1) is 19.8. The van der Waals surface area contributed by atoms with Crippen molar-refractivity contribution in [2.45, 2.75) is 90.9 Å². The lowest BCUT2D eigenvalue weighted by Gasteiger charge is -2.33. The third-order valence-electron chi connectivity index (χ3n) is 7.72. The van der Waals surface area contributed by atoms with Gasteiger partial charge in [-0.25, -0.2) is 4.79 Å². The van der Waals surface area contributed by atoms with Gasteiger partial charge in [0.15, 0.2) is 17.1 Å². The number of methoxy groups -OCH3 is 2. The number of piperidine rings is 1. The summed E-state index contributed by atoms with van der Waals surface area (Å²) >= 11 is 0. The minimum absolute atomic E-state index is 0.228. The molecule has 0 unspecified atom stereocenters. The number of ether oxygens (including phenoxy) is 4. The Morgan fingerprint density at radius 3 is 2.31 bits per heavy atom. The van der Waals surface area contributed by atoms with E-state index in [2.05, 4.69) is 43.3 Å². The Morgan fingerprint density at radius 2 is 1.71 bits per heavy atom. The van der Waals surface area contributed by atoms with Gasteiger partial charge in [0.1, 0.15) is 12.3 Å². The maximum absolute atomic E-state index is 12.6. The Bertz CT molecular complexity index is 1380.